The third-order valence-corrected chi connectivity index (χ3v) is 12.3. The first-order valence-corrected chi connectivity index (χ1v) is 20.8. The molecule has 0 unspecified atom stereocenters. The molecule has 12 aromatic rings. The summed E-state index contributed by atoms with van der Waals surface area (Å²) >= 11 is 0. The maximum Gasteiger partial charge on any atom is 0.145 e. The van der Waals surface area contributed by atoms with Crippen molar-refractivity contribution in [3.8, 4) is 56.8 Å². The van der Waals surface area contributed by atoms with Gasteiger partial charge in [0.25, 0.3) is 0 Å². The summed E-state index contributed by atoms with van der Waals surface area (Å²) < 4.78 is 15.7. The van der Waals surface area contributed by atoms with Crippen LogP contribution in [0.3, 0.4) is 0 Å². The van der Waals surface area contributed by atoms with E-state index in [0.29, 0.717) is 0 Å². The molecule has 0 amide bonds. The standard InChI is InChI=1S/C56H38N4O2/c1-61-41-31-27-39(28-32-41)59-53-49-17-9-5-13-45(49)43-11-3-7-15-47(43)51(53)57-55(59)37-23-19-35(20-24-37)36-21-25-38(26-22-36)56-58-52-48-16-8-4-12-44(48)46-14-6-10-18-50(46)54(52)60(56)40-29-33-42(62-2)34-30-40/h3-34H,1-2H3. The molecule has 0 fully saturated rings. The number of ether oxygens (including phenoxy) is 2. The highest BCUT2D eigenvalue weighted by molar-refractivity contribution is 6.25. The molecule has 6 heteroatoms. The van der Waals surface area contributed by atoms with Crippen molar-refractivity contribution in [3.63, 3.8) is 0 Å². The highest BCUT2D eigenvalue weighted by atomic mass is 16.5. The van der Waals surface area contributed by atoms with E-state index in [4.69, 9.17) is 19.4 Å². The summed E-state index contributed by atoms with van der Waals surface area (Å²) in [4.78, 5) is 10.9. The minimum absolute atomic E-state index is 0.811. The molecular weight excluding hydrogens is 761 g/mol. The largest absolute Gasteiger partial charge is 0.497 e. The fourth-order valence-electron chi connectivity index (χ4n) is 9.39. The van der Waals surface area contributed by atoms with E-state index in [1.54, 1.807) is 14.2 Å². The van der Waals surface area contributed by atoms with Crippen LogP contribution >= 0.6 is 0 Å². The Morgan fingerprint density at radius 2 is 0.597 bits per heavy atom. The number of methoxy groups -OCH3 is 2. The Hall–Kier alpha value is -8.22. The number of imidazole rings is 2. The molecule has 0 radical (unpaired) electrons. The topological polar surface area (TPSA) is 54.1 Å². The molecule has 10 aromatic carbocycles. The molecule has 6 nitrogen and oxygen atoms in total. The number of fused-ring (bicyclic) bond motifs is 12. The van der Waals surface area contributed by atoms with Crippen LogP contribution in [0.2, 0.25) is 0 Å². The second-order valence-electron chi connectivity index (χ2n) is 15.7. The molecular formula is C56H38N4O2. The molecule has 2 heterocycles. The fraction of sp³-hybridized carbons (Fsp3) is 0.0357. The summed E-state index contributed by atoms with van der Waals surface area (Å²) in [7, 11) is 3.40. The second-order valence-corrected chi connectivity index (χ2v) is 15.7. The van der Waals surface area contributed by atoms with Crippen LogP contribution in [-0.4, -0.2) is 33.3 Å². The Morgan fingerprint density at radius 1 is 0.306 bits per heavy atom. The van der Waals surface area contributed by atoms with Crippen molar-refractivity contribution in [2.75, 3.05) is 14.2 Å². The summed E-state index contributed by atoms with van der Waals surface area (Å²) in [5.74, 6) is 3.38. The minimum atomic E-state index is 0.811. The highest BCUT2D eigenvalue weighted by Gasteiger charge is 2.22. The molecule has 0 atom stereocenters. The normalized spacial score (nSPS) is 11.7. The van der Waals surface area contributed by atoms with E-state index in [1.165, 1.54) is 21.5 Å². The first-order valence-electron chi connectivity index (χ1n) is 20.8. The first-order chi connectivity index (χ1) is 30.7. The zero-order valence-corrected chi connectivity index (χ0v) is 34.1. The van der Waals surface area contributed by atoms with Crippen LogP contribution in [0.25, 0.3) is 110 Å². The summed E-state index contributed by atoms with van der Waals surface area (Å²) in [5.41, 5.74) is 10.4. The summed E-state index contributed by atoms with van der Waals surface area (Å²) in [6.07, 6.45) is 0. The van der Waals surface area contributed by atoms with Crippen molar-refractivity contribution >= 4 is 65.2 Å². The molecule has 294 valence electrons. The molecule has 0 aliphatic heterocycles. The van der Waals surface area contributed by atoms with Gasteiger partial charge in [0, 0.05) is 44.0 Å². The predicted octanol–water partition coefficient (Wildman–Crippen LogP) is 14.0. The van der Waals surface area contributed by atoms with E-state index in [9.17, 15) is 0 Å². The maximum atomic E-state index is 5.55. The highest BCUT2D eigenvalue weighted by Crippen LogP contribution is 2.42. The molecule has 0 bridgehead atoms. The SMILES string of the molecule is COc1ccc(-n2c(-c3ccc(-c4ccc(-c5nc6c7ccccc7c7ccccc7c6n5-c5ccc(OC)cc5)cc4)cc3)nc3c4ccccc4c4ccccc4c32)cc1. The Morgan fingerprint density at radius 3 is 0.935 bits per heavy atom. The average Bonchev–Trinajstić information content (AvgIpc) is 3.96. The Bertz CT molecular complexity index is 3430. The number of nitrogens with zero attached hydrogens (tertiary/aromatic N) is 4. The van der Waals surface area contributed by atoms with Crippen LogP contribution in [0.5, 0.6) is 11.5 Å². The molecule has 0 spiro atoms. The van der Waals surface area contributed by atoms with E-state index >= 15 is 0 Å². The van der Waals surface area contributed by atoms with Gasteiger partial charge in [0.05, 0.1) is 36.3 Å². The lowest BCUT2D eigenvalue weighted by Crippen LogP contribution is -1.99. The molecule has 0 saturated heterocycles. The Kier molecular flexibility index (Phi) is 8.18. The predicted molar refractivity (Wildman–Crippen MR) is 255 cm³/mol. The fourth-order valence-corrected chi connectivity index (χ4v) is 9.39. The van der Waals surface area contributed by atoms with Gasteiger partial charge >= 0.3 is 0 Å². The third-order valence-electron chi connectivity index (χ3n) is 12.3. The molecule has 62 heavy (non-hydrogen) atoms. The smallest absolute Gasteiger partial charge is 0.145 e. The van der Waals surface area contributed by atoms with Gasteiger partial charge in [-0.2, -0.15) is 0 Å². The third kappa shape index (κ3) is 5.50. The lowest BCUT2D eigenvalue weighted by Gasteiger charge is -2.14. The number of hydrogen-bond acceptors (Lipinski definition) is 4. The van der Waals surface area contributed by atoms with E-state index in [1.807, 2.05) is 24.3 Å². The Balaban J connectivity index is 0.986. The molecule has 0 N–H and O–H groups in total. The zero-order valence-electron chi connectivity index (χ0n) is 34.1. The lowest BCUT2D eigenvalue weighted by molar-refractivity contribution is 0.414. The number of hydrogen-bond donors (Lipinski definition) is 0. The van der Waals surface area contributed by atoms with Gasteiger partial charge in [-0.05, 0) is 81.2 Å². The molecule has 0 aliphatic rings. The van der Waals surface area contributed by atoms with Gasteiger partial charge in [0.2, 0.25) is 0 Å². The van der Waals surface area contributed by atoms with E-state index in [-0.39, 0.29) is 0 Å². The van der Waals surface area contributed by atoms with Crippen molar-refractivity contribution < 1.29 is 9.47 Å². The van der Waals surface area contributed by atoms with Crippen molar-refractivity contribution in [1.82, 2.24) is 19.1 Å². The van der Waals surface area contributed by atoms with Crippen molar-refractivity contribution in [3.05, 3.63) is 194 Å². The van der Waals surface area contributed by atoms with Gasteiger partial charge < -0.3 is 9.47 Å². The van der Waals surface area contributed by atoms with Crippen LogP contribution < -0.4 is 9.47 Å². The summed E-state index contributed by atoms with van der Waals surface area (Å²) in [5, 5.41) is 9.39. The Labute approximate surface area is 357 Å². The molecule has 12 rings (SSSR count). The van der Waals surface area contributed by atoms with E-state index in [2.05, 4.69) is 179 Å². The van der Waals surface area contributed by atoms with E-state index in [0.717, 1.165) is 100 Å². The van der Waals surface area contributed by atoms with Crippen LogP contribution in [-0.2, 0) is 0 Å². The molecule has 2 aromatic heterocycles. The zero-order chi connectivity index (χ0) is 41.3. The van der Waals surface area contributed by atoms with Crippen LogP contribution in [0.4, 0.5) is 0 Å². The lowest BCUT2D eigenvalue weighted by atomic mass is 10.00. The van der Waals surface area contributed by atoms with Crippen LogP contribution in [0.1, 0.15) is 0 Å². The van der Waals surface area contributed by atoms with Crippen molar-refractivity contribution in [2.24, 2.45) is 0 Å². The van der Waals surface area contributed by atoms with Gasteiger partial charge in [-0.1, -0.05) is 146 Å². The first kappa shape index (κ1) is 35.7. The number of benzene rings is 10. The van der Waals surface area contributed by atoms with Gasteiger partial charge in [0.1, 0.15) is 23.1 Å². The maximum absolute atomic E-state index is 5.55. The number of rotatable bonds is 7. The van der Waals surface area contributed by atoms with E-state index < -0.39 is 0 Å². The van der Waals surface area contributed by atoms with Gasteiger partial charge in [-0.25, -0.2) is 9.97 Å². The second kappa shape index (κ2) is 14.2. The van der Waals surface area contributed by atoms with Crippen LogP contribution in [0, 0.1) is 0 Å². The summed E-state index contributed by atoms with van der Waals surface area (Å²) in [6.45, 7) is 0. The quantitative estimate of drug-likeness (QED) is 0.151. The van der Waals surface area contributed by atoms with Crippen molar-refractivity contribution in [1.29, 1.82) is 0 Å². The van der Waals surface area contributed by atoms with Crippen LogP contribution in [0.15, 0.2) is 194 Å². The van der Waals surface area contributed by atoms with Gasteiger partial charge in [-0.15, -0.1) is 0 Å². The average molecular weight is 799 g/mol. The van der Waals surface area contributed by atoms with Crippen molar-refractivity contribution in [2.45, 2.75) is 0 Å². The monoisotopic (exact) mass is 798 g/mol. The van der Waals surface area contributed by atoms with Gasteiger partial charge in [-0.3, -0.25) is 9.13 Å². The minimum Gasteiger partial charge on any atom is -0.497 e. The number of aromatic nitrogens is 4. The van der Waals surface area contributed by atoms with Gasteiger partial charge in [0.15, 0.2) is 0 Å². The molecule has 0 saturated carbocycles. The summed E-state index contributed by atoms with van der Waals surface area (Å²) in [6, 6.07) is 68.5. The molecule has 0 aliphatic carbocycles.